The monoisotopic (exact) mass is 537 g/mol. The van der Waals surface area contributed by atoms with Crippen LogP contribution in [0.1, 0.15) is 37.3 Å². The molecule has 1 aromatic rings. The van der Waals surface area contributed by atoms with Gasteiger partial charge in [0.05, 0.1) is 42.3 Å². The number of piperidine rings is 1. The molecule has 0 N–H and O–H groups in total. The molecule has 0 bridgehead atoms. The van der Waals surface area contributed by atoms with Gasteiger partial charge in [-0.3, -0.25) is 9.59 Å². The van der Waals surface area contributed by atoms with E-state index in [0.717, 1.165) is 12.1 Å². The van der Waals surface area contributed by atoms with E-state index < -0.39 is 28.7 Å². The minimum Gasteiger partial charge on any atom is -0.377 e. The number of rotatable bonds is 5. The second-order valence-electron chi connectivity index (χ2n) is 9.79. The number of carbonyl (C=O) groups excluding carboxylic acids is 2. The summed E-state index contributed by atoms with van der Waals surface area (Å²) in [7, 11) is 0. The fourth-order valence-electron chi connectivity index (χ4n) is 5.18. The van der Waals surface area contributed by atoms with Crippen molar-refractivity contribution in [1.82, 2.24) is 14.7 Å². The predicted molar refractivity (Wildman–Crippen MR) is 122 cm³/mol. The van der Waals surface area contributed by atoms with Crippen LogP contribution in [0.2, 0.25) is 5.02 Å². The van der Waals surface area contributed by atoms with E-state index in [1.807, 2.05) is 4.90 Å². The maximum atomic E-state index is 13.4. The number of fused-ring (bicyclic) bond motifs is 1. The Kier molecular flexibility index (Phi) is 7.83. The summed E-state index contributed by atoms with van der Waals surface area (Å²) in [6, 6.07) is 1.88. The largest absolute Gasteiger partial charge is 0.417 e. The predicted octanol–water partition coefficient (Wildman–Crippen LogP) is 3.85. The lowest BCUT2D eigenvalue weighted by Crippen LogP contribution is -2.68. The van der Waals surface area contributed by atoms with Crippen LogP contribution in [-0.2, 0) is 26.9 Å². The molecule has 1 aromatic carbocycles. The number of likely N-dealkylation sites (tertiary alicyclic amines) is 1. The molecule has 2 amide bonds. The summed E-state index contributed by atoms with van der Waals surface area (Å²) in [4.78, 5) is 31.5. The van der Waals surface area contributed by atoms with Gasteiger partial charge in [-0.2, -0.15) is 13.2 Å². The van der Waals surface area contributed by atoms with Gasteiger partial charge in [0.1, 0.15) is 6.04 Å². The molecule has 0 aliphatic carbocycles. The van der Waals surface area contributed by atoms with Gasteiger partial charge in [0.2, 0.25) is 11.8 Å². The molecule has 3 aliphatic heterocycles. The van der Waals surface area contributed by atoms with Gasteiger partial charge in [-0.05, 0) is 31.0 Å². The van der Waals surface area contributed by atoms with Crippen molar-refractivity contribution >= 4 is 23.4 Å². The molecular formula is C24H29ClF5N3O3. The van der Waals surface area contributed by atoms with Gasteiger partial charge in [0.25, 0.3) is 5.92 Å². The zero-order chi connectivity index (χ0) is 26.3. The van der Waals surface area contributed by atoms with Gasteiger partial charge in [-0.25, -0.2) is 8.78 Å². The van der Waals surface area contributed by atoms with Gasteiger partial charge in [-0.1, -0.05) is 17.7 Å². The highest BCUT2D eigenvalue weighted by Crippen LogP contribution is 2.35. The maximum Gasteiger partial charge on any atom is 0.417 e. The van der Waals surface area contributed by atoms with E-state index >= 15 is 0 Å². The van der Waals surface area contributed by atoms with E-state index in [-0.39, 0.29) is 56.3 Å². The minimum atomic E-state index is -4.59. The topological polar surface area (TPSA) is 53.1 Å². The lowest BCUT2D eigenvalue weighted by molar-refractivity contribution is -0.168. The first-order valence-corrected chi connectivity index (χ1v) is 12.4. The molecule has 3 saturated heterocycles. The fourth-order valence-corrected chi connectivity index (χ4v) is 5.49. The molecule has 12 heteroatoms. The SMILES string of the molecule is C[C@H]1C(=O)N2[C@@H](CCN3CCC(F)(F)CC3)COC[C@H]2CN1C(=O)Cc1ccc(C(F)(F)F)c(Cl)c1. The van der Waals surface area contributed by atoms with Crippen molar-refractivity contribution in [2.24, 2.45) is 0 Å². The Morgan fingerprint density at radius 3 is 2.53 bits per heavy atom. The molecule has 0 aromatic heterocycles. The molecule has 0 saturated carbocycles. The summed E-state index contributed by atoms with van der Waals surface area (Å²) in [5.41, 5.74) is -0.647. The van der Waals surface area contributed by atoms with Crippen LogP contribution in [-0.4, -0.2) is 90.0 Å². The number of halogens is 6. The Morgan fingerprint density at radius 2 is 1.89 bits per heavy atom. The number of benzene rings is 1. The summed E-state index contributed by atoms with van der Waals surface area (Å²) >= 11 is 5.78. The standard InChI is InChI=1S/C24H29ClF5N3O3/c1-15-22(35)33-17(4-7-31-8-5-23(26,27)6-9-31)13-36-14-18(33)12-32(15)21(34)11-16-2-3-19(20(25)10-16)24(28,29)30/h2-3,10,15,17-18H,4-9,11-14H2,1H3/t15-,17-,18+/m0/s1. The third kappa shape index (κ3) is 5.94. The van der Waals surface area contributed by atoms with Gasteiger partial charge in [-0.15, -0.1) is 0 Å². The first-order chi connectivity index (χ1) is 16.9. The van der Waals surface area contributed by atoms with Crippen LogP contribution in [0.4, 0.5) is 22.0 Å². The lowest BCUT2D eigenvalue weighted by atomic mass is 9.98. The quantitative estimate of drug-likeness (QED) is 0.536. The van der Waals surface area contributed by atoms with E-state index in [0.29, 0.717) is 38.2 Å². The van der Waals surface area contributed by atoms with Crippen LogP contribution in [0.5, 0.6) is 0 Å². The van der Waals surface area contributed by atoms with Crippen molar-refractivity contribution in [1.29, 1.82) is 0 Å². The van der Waals surface area contributed by atoms with Crippen LogP contribution in [0.15, 0.2) is 18.2 Å². The molecule has 3 atom stereocenters. The van der Waals surface area contributed by atoms with E-state index in [1.165, 1.54) is 11.0 Å². The molecule has 200 valence electrons. The number of alkyl halides is 5. The molecule has 0 spiro atoms. The molecule has 3 fully saturated rings. The Hall–Kier alpha value is -1.98. The summed E-state index contributed by atoms with van der Waals surface area (Å²) in [6.45, 7) is 3.68. The fraction of sp³-hybridized carbons (Fsp3) is 0.667. The van der Waals surface area contributed by atoms with Gasteiger partial charge < -0.3 is 19.4 Å². The number of ether oxygens (including phenoxy) is 1. The number of morpholine rings is 1. The smallest absolute Gasteiger partial charge is 0.377 e. The summed E-state index contributed by atoms with van der Waals surface area (Å²) in [5, 5.41) is -0.484. The van der Waals surface area contributed by atoms with Crippen molar-refractivity contribution in [3.8, 4) is 0 Å². The number of hydrogen-bond donors (Lipinski definition) is 0. The summed E-state index contributed by atoms with van der Waals surface area (Å²) < 4.78 is 71.5. The highest BCUT2D eigenvalue weighted by atomic mass is 35.5. The van der Waals surface area contributed by atoms with E-state index in [1.54, 1.807) is 11.8 Å². The molecular weight excluding hydrogens is 509 g/mol. The van der Waals surface area contributed by atoms with Crippen molar-refractivity contribution in [2.75, 3.05) is 39.4 Å². The average Bonchev–Trinajstić information content (AvgIpc) is 2.79. The molecule has 36 heavy (non-hydrogen) atoms. The van der Waals surface area contributed by atoms with Crippen LogP contribution in [0.3, 0.4) is 0 Å². The second-order valence-corrected chi connectivity index (χ2v) is 10.2. The lowest BCUT2D eigenvalue weighted by Gasteiger charge is -2.50. The number of hydrogen-bond acceptors (Lipinski definition) is 4. The highest BCUT2D eigenvalue weighted by Gasteiger charge is 2.45. The molecule has 3 aliphatic rings. The molecule has 6 nitrogen and oxygen atoms in total. The van der Waals surface area contributed by atoms with E-state index in [2.05, 4.69) is 0 Å². The number of piperazine rings is 1. The van der Waals surface area contributed by atoms with Gasteiger partial charge >= 0.3 is 6.18 Å². The van der Waals surface area contributed by atoms with Crippen LogP contribution in [0.25, 0.3) is 0 Å². The average molecular weight is 538 g/mol. The number of amides is 2. The zero-order valence-corrected chi connectivity index (χ0v) is 20.6. The van der Waals surface area contributed by atoms with Crippen LogP contribution in [0, 0.1) is 0 Å². The third-order valence-electron chi connectivity index (χ3n) is 7.27. The Labute approximate surface area is 211 Å². The Balaban J connectivity index is 1.38. The third-order valence-corrected chi connectivity index (χ3v) is 7.59. The number of carbonyl (C=O) groups is 2. The highest BCUT2D eigenvalue weighted by molar-refractivity contribution is 6.31. The van der Waals surface area contributed by atoms with Crippen molar-refractivity contribution < 1.29 is 36.3 Å². The van der Waals surface area contributed by atoms with Crippen LogP contribution < -0.4 is 0 Å². The molecule has 0 radical (unpaired) electrons. The number of nitrogens with zero attached hydrogens (tertiary/aromatic N) is 3. The Morgan fingerprint density at radius 1 is 1.19 bits per heavy atom. The van der Waals surface area contributed by atoms with Crippen molar-refractivity contribution in [3.05, 3.63) is 34.3 Å². The first kappa shape index (κ1) is 27.1. The summed E-state index contributed by atoms with van der Waals surface area (Å²) in [5.74, 6) is -3.22. The molecule has 3 heterocycles. The van der Waals surface area contributed by atoms with Crippen molar-refractivity contribution in [3.63, 3.8) is 0 Å². The van der Waals surface area contributed by atoms with Gasteiger partial charge in [0.15, 0.2) is 0 Å². The summed E-state index contributed by atoms with van der Waals surface area (Å²) in [6.07, 6.45) is -4.53. The maximum absolute atomic E-state index is 13.4. The molecule has 0 unspecified atom stereocenters. The Bertz CT molecular complexity index is 982. The molecule has 4 rings (SSSR count). The zero-order valence-electron chi connectivity index (χ0n) is 19.9. The van der Waals surface area contributed by atoms with E-state index in [4.69, 9.17) is 16.3 Å². The van der Waals surface area contributed by atoms with Gasteiger partial charge in [0, 0.05) is 39.0 Å². The second kappa shape index (κ2) is 10.4. The first-order valence-electron chi connectivity index (χ1n) is 12.0. The minimum absolute atomic E-state index is 0.169. The van der Waals surface area contributed by atoms with Crippen molar-refractivity contribution in [2.45, 2.75) is 62.8 Å². The van der Waals surface area contributed by atoms with Crippen LogP contribution >= 0.6 is 11.6 Å². The normalized spacial score (nSPS) is 27.2. The van der Waals surface area contributed by atoms with E-state index in [9.17, 15) is 31.5 Å².